The Morgan fingerprint density at radius 1 is 1.00 bits per heavy atom. The number of alkyl halides is 3. The van der Waals surface area contributed by atoms with E-state index in [4.69, 9.17) is 0 Å². The fourth-order valence-corrected chi connectivity index (χ4v) is 3.59. The molecule has 0 aliphatic carbocycles. The molecule has 3 heterocycles. The van der Waals surface area contributed by atoms with Crippen LogP contribution in [0, 0.1) is 6.92 Å². The molecular weight excluding hydrogens is 395 g/mol. The van der Waals surface area contributed by atoms with Gasteiger partial charge in [-0.25, -0.2) is 4.98 Å². The number of rotatable bonds is 6. The van der Waals surface area contributed by atoms with Crippen LogP contribution in [-0.2, 0) is 12.7 Å². The first-order valence-electron chi connectivity index (χ1n) is 9.92. The van der Waals surface area contributed by atoms with Crippen molar-refractivity contribution in [3.8, 4) is 0 Å². The van der Waals surface area contributed by atoms with Crippen LogP contribution >= 0.6 is 0 Å². The lowest BCUT2D eigenvalue weighted by atomic mass is 10.2. The van der Waals surface area contributed by atoms with Crippen molar-refractivity contribution < 1.29 is 13.2 Å². The fourth-order valence-electron chi connectivity index (χ4n) is 3.59. The van der Waals surface area contributed by atoms with E-state index >= 15 is 0 Å². The fraction of sp³-hybridized carbons (Fsp3) is 0.450. The van der Waals surface area contributed by atoms with E-state index in [-0.39, 0.29) is 5.78 Å². The molecule has 7 nitrogen and oxygen atoms in total. The molecule has 4 rings (SSSR count). The van der Waals surface area contributed by atoms with E-state index in [2.05, 4.69) is 54.4 Å². The molecule has 0 spiro atoms. The zero-order chi connectivity index (χ0) is 21.1. The molecule has 0 amide bonds. The molecule has 1 saturated heterocycles. The van der Waals surface area contributed by atoms with Crippen LogP contribution < -0.4 is 5.32 Å². The van der Waals surface area contributed by atoms with Crippen molar-refractivity contribution in [2.75, 3.05) is 44.6 Å². The maximum absolute atomic E-state index is 12.9. The van der Waals surface area contributed by atoms with Gasteiger partial charge in [0, 0.05) is 57.6 Å². The maximum Gasteiger partial charge on any atom is 0.453 e. The maximum atomic E-state index is 12.9. The minimum absolute atomic E-state index is 0.0562. The summed E-state index contributed by atoms with van der Waals surface area (Å²) in [5, 5.41) is 6.77. The number of hydrogen-bond acceptors (Lipinski definition) is 6. The van der Waals surface area contributed by atoms with Gasteiger partial charge >= 0.3 is 6.18 Å². The van der Waals surface area contributed by atoms with Gasteiger partial charge in [-0.05, 0) is 12.5 Å². The summed E-state index contributed by atoms with van der Waals surface area (Å²) >= 11 is 0. The standard InChI is InChI=1S/C20H24F3N7/c1-15-13-17(30-19(25-15)26-18(27-30)20(21,22)23)24-7-8-28-9-11-29(12-10-28)14-16-5-3-2-4-6-16/h2-6,13,24H,7-12,14H2,1H3. The predicted molar refractivity (Wildman–Crippen MR) is 107 cm³/mol. The van der Waals surface area contributed by atoms with Crippen molar-refractivity contribution in [2.24, 2.45) is 0 Å². The predicted octanol–water partition coefficient (Wildman–Crippen LogP) is 2.68. The average molecular weight is 419 g/mol. The summed E-state index contributed by atoms with van der Waals surface area (Å²) in [6.07, 6.45) is -4.60. The highest BCUT2D eigenvalue weighted by atomic mass is 19.4. The molecule has 1 aliphatic heterocycles. The van der Waals surface area contributed by atoms with Crippen LogP contribution in [0.4, 0.5) is 19.0 Å². The lowest BCUT2D eigenvalue weighted by Crippen LogP contribution is -2.47. The SMILES string of the molecule is Cc1cc(NCCN2CCN(Cc3ccccc3)CC2)n2nc(C(F)(F)F)nc2n1. The summed E-state index contributed by atoms with van der Waals surface area (Å²) in [5.41, 5.74) is 1.90. The van der Waals surface area contributed by atoms with Crippen molar-refractivity contribution in [1.82, 2.24) is 29.4 Å². The van der Waals surface area contributed by atoms with E-state index in [9.17, 15) is 13.2 Å². The summed E-state index contributed by atoms with van der Waals surface area (Å²) in [6, 6.07) is 12.1. The second kappa shape index (κ2) is 8.57. The molecule has 0 saturated carbocycles. The Morgan fingerprint density at radius 2 is 1.70 bits per heavy atom. The van der Waals surface area contributed by atoms with E-state index in [1.165, 1.54) is 5.56 Å². The first-order valence-corrected chi connectivity index (χ1v) is 9.92. The number of benzene rings is 1. The zero-order valence-corrected chi connectivity index (χ0v) is 16.7. The topological polar surface area (TPSA) is 61.6 Å². The summed E-state index contributed by atoms with van der Waals surface area (Å²) < 4.78 is 39.9. The van der Waals surface area contributed by atoms with Gasteiger partial charge in [-0.2, -0.15) is 22.7 Å². The van der Waals surface area contributed by atoms with Crippen molar-refractivity contribution in [2.45, 2.75) is 19.6 Å². The van der Waals surface area contributed by atoms with Gasteiger partial charge in [0.15, 0.2) is 0 Å². The normalized spacial score (nSPS) is 16.3. The molecule has 10 heteroatoms. The lowest BCUT2D eigenvalue weighted by Gasteiger charge is -2.34. The Morgan fingerprint density at radius 3 is 2.40 bits per heavy atom. The number of piperazine rings is 1. The quantitative estimate of drug-likeness (QED) is 0.663. The van der Waals surface area contributed by atoms with Gasteiger partial charge in [-0.3, -0.25) is 9.80 Å². The molecule has 1 fully saturated rings. The first kappa shape index (κ1) is 20.5. The number of hydrogen-bond donors (Lipinski definition) is 1. The minimum atomic E-state index is -4.60. The third kappa shape index (κ3) is 4.88. The Kier molecular flexibility index (Phi) is 5.87. The van der Waals surface area contributed by atoms with Gasteiger partial charge in [0.25, 0.3) is 11.6 Å². The van der Waals surface area contributed by atoms with E-state index < -0.39 is 12.0 Å². The van der Waals surface area contributed by atoms with Crippen LogP contribution in [0.2, 0.25) is 0 Å². The monoisotopic (exact) mass is 419 g/mol. The number of halogens is 3. The third-order valence-corrected chi connectivity index (χ3v) is 5.14. The molecule has 0 unspecified atom stereocenters. The van der Waals surface area contributed by atoms with Gasteiger partial charge < -0.3 is 5.32 Å². The van der Waals surface area contributed by atoms with Crippen molar-refractivity contribution in [3.05, 3.63) is 53.5 Å². The highest BCUT2D eigenvalue weighted by Gasteiger charge is 2.36. The second-order valence-corrected chi connectivity index (χ2v) is 7.46. The summed E-state index contributed by atoms with van der Waals surface area (Å²) in [6.45, 7) is 7.97. The average Bonchev–Trinajstić information content (AvgIpc) is 3.15. The minimum Gasteiger partial charge on any atom is -0.369 e. The molecular formula is C20H24F3N7. The van der Waals surface area contributed by atoms with Crippen LogP contribution in [-0.4, -0.2) is 68.7 Å². The van der Waals surface area contributed by atoms with Gasteiger partial charge in [0.05, 0.1) is 0 Å². The van der Waals surface area contributed by atoms with E-state index in [1.807, 2.05) is 6.07 Å². The highest BCUT2D eigenvalue weighted by Crippen LogP contribution is 2.27. The molecule has 1 aromatic carbocycles. The van der Waals surface area contributed by atoms with Crippen LogP contribution in [0.3, 0.4) is 0 Å². The number of anilines is 1. The van der Waals surface area contributed by atoms with Crippen molar-refractivity contribution >= 4 is 11.6 Å². The lowest BCUT2D eigenvalue weighted by molar-refractivity contribution is -0.144. The molecule has 160 valence electrons. The number of aromatic nitrogens is 4. The number of nitrogens with one attached hydrogen (secondary N) is 1. The molecule has 0 radical (unpaired) electrons. The van der Waals surface area contributed by atoms with Crippen LogP contribution in [0.25, 0.3) is 5.78 Å². The third-order valence-electron chi connectivity index (χ3n) is 5.14. The van der Waals surface area contributed by atoms with E-state index in [1.54, 1.807) is 13.0 Å². The number of fused-ring (bicyclic) bond motifs is 1. The summed E-state index contributed by atoms with van der Waals surface area (Å²) in [5.74, 6) is -0.777. The largest absolute Gasteiger partial charge is 0.453 e. The Hall–Kier alpha value is -2.72. The number of aryl methyl sites for hydroxylation is 1. The van der Waals surface area contributed by atoms with Crippen molar-refractivity contribution in [3.63, 3.8) is 0 Å². The molecule has 0 bridgehead atoms. The highest BCUT2D eigenvalue weighted by molar-refractivity contribution is 5.45. The van der Waals surface area contributed by atoms with Crippen molar-refractivity contribution in [1.29, 1.82) is 0 Å². The van der Waals surface area contributed by atoms with Gasteiger partial charge in [0.1, 0.15) is 5.82 Å². The summed E-state index contributed by atoms with van der Waals surface area (Å²) in [7, 11) is 0. The van der Waals surface area contributed by atoms with E-state index in [0.29, 0.717) is 18.1 Å². The molecule has 2 aromatic heterocycles. The Bertz CT molecular complexity index is 979. The molecule has 3 aromatic rings. The zero-order valence-electron chi connectivity index (χ0n) is 16.7. The Labute approximate surface area is 172 Å². The number of nitrogens with zero attached hydrogens (tertiary/aromatic N) is 6. The molecule has 1 aliphatic rings. The van der Waals surface area contributed by atoms with Gasteiger partial charge in [-0.1, -0.05) is 30.3 Å². The van der Waals surface area contributed by atoms with Crippen LogP contribution in [0.1, 0.15) is 17.1 Å². The smallest absolute Gasteiger partial charge is 0.369 e. The first-order chi connectivity index (χ1) is 14.4. The summed E-state index contributed by atoms with van der Waals surface area (Å²) in [4.78, 5) is 12.3. The molecule has 30 heavy (non-hydrogen) atoms. The van der Waals surface area contributed by atoms with Gasteiger partial charge in [0.2, 0.25) is 0 Å². The Balaban J connectivity index is 1.31. The van der Waals surface area contributed by atoms with Crippen LogP contribution in [0.15, 0.2) is 36.4 Å². The van der Waals surface area contributed by atoms with E-state index in [0.717, 1.165) is 43.8 Å². The second-order valence-electron chi connectivity index (χ2n) is 7.46. The molecule has 0 atom stereocenters. The molecule has 1 N–H and O–H groups in total. The van der Waals surface area contributed by atoms with Crippen LogP contribution in [0.5, 0.6) is 0 Å². The van der Waals surface area contributed by atoms with Gasteiger partial charge in [-0.15, -0.1) is 5.10 Å².